The Balaban J connectivity index is 1.83. The van der Waals surface area contributed by atoms with E-state index in [2.05, 4.69) is 17.7 Å². The Morgan fingerprint density at radius 1 is 1.42 bits per heavy atom. The van der Waals surface area contributed by atoms with E-state index < -0.39 is 12.2 Å². The third-order valence-corrected chi connectivity index (χ3v) is 5.15. The maximum absolute atomic E-state index is 11.1. The molecule has 1 heterocycles. The van der Waals surface area contributed by atoms with Crippen LogP contribution in [0.15, 0.2) is 36.1 Å². The number of hydrogen-bond donors (Lipinski definition) is 2. The van der Waals surface area contributed by atoms with Crippen molar-refractivity contribution in [2.75, 3.05) is 7.11 Å². The first-order chi connectivity index (χ1) is 12.5. The fourth-order valence-corrected chi connectivity index (χ4v) is 3.73. The predicted molar refractivity (Wildman–Crippen MR) is 100 cm³/mol. The van der Waals surface area contributed by atoms with Gasteiger partial charge in [0.15, 0.2) is 0 Å². The number of ether oxygens (including phenoxy) is 2. The Morgan fingerprint density at radius 2 is 2.23 bits per heavy atom. The lowest BCUT2D eigenvalue weighted by molar-refractivity contribution is -0.140. The molecule has 26 heavy (non-hydrogen) atoms. The Hall–Kier alpha value is -1.59. The van der Waals surface area contributed by atoms with Crippen LogP contribution in [0.3, 0.4) is 0 Å². The van der Waals surface area contributed by atoms with Gasteiger partial charge in [-0.15, -0.1) is 0 Å². The molecule has 5 atom stereocenters. The highest BCUT2D eigenvalue weighted by Crippen LogP contribution is 2.45. The van der Waals surface area contributed by atoms with E-state index in [1.807, 2.05) is 18.2 Å². The summed E-state index contributed by atoms with van der Waals surface area (Å²) in [6, 6.07) is 0. The number of aliphatic hydroxyl groups is 2. The topological polar surface area (TPSA) is 76.0 Å². The minimum absolute atomic E-state index is 0.0192. The molecule has 5 heteroatoms. The van der Waals surface area contributed by atoms with Gasteiger partial charge in [0.25, 0.3) is 0 Å². The lowest BCUT2D eigenvalue weighted by Crippen LogP contribution is -2.17. The van der Waals surface area contributed by atoms with Crippen LogP contribution >= 0.6 is 0 Å². The second-order valence-corrected chi connectivity index (χ2v) is 7.11. The lowest BCUT2D eigenvalue weighted by atomic mass is 9.90. The molecule has 0 radical (unpaired) electrons. The number of methoxy groups -OCH3 is 1. The lowest BCUT2D eigenvalue weighted by Gasteiger charge is -2.15. The molecule has 5 nitrogen and oxygen atoms in total. The average Bonchev–Trinajstić information content (AvgIpc) is 3.13. The SMILES string of the molecule is CC/C=C\C[C@H](O)/C=C/[C@@H]1[C@H]2C/C(=C\CCCC(=O)OC)O[C@H]2C[C@H]1O. The zero-order valence-electron chi connectivity index (χ0n) is 15.8. The fraction of sp³-hybridized carbons (Fsp3) is 0.667. The Morgan fingerprint density at radius 3 is 2.96 bits per heavy atom. The van der Waals surface area contributed by atoms with Crippen molar-refractivity contribution in [3.8, 4) is 0 Å². The van der Waals surface area contributed by atoms with Crippen molar-refractivity contribution in [3.05, 3.63) is 36.1 Å². The first-order valence-corrected chi connectivity index (χ1v) is 9.67. The van der Waals surface area contributed by atoms with Crippen LogP contribution in [-0.4, -0.2) is 41.6 Å². The molecule has 1 aliphatic carbocycles. The van der Waals surface area contributed by atoms with E-state index in [4.69, 9.17) is 4.74 Å². The van der Waals surface area contributed by atoms with Crippen molar-refractivity contribution >= 4 is 5.97 Å². The van der Waals surface area contributed by atoms with Crippen LogP contribution in [0.4, 0.5) is 0 Å². The number of carbonyl (C=O) groups excluding carboxylic acids is 1. The number of allylic oxidation sites excluding steroid dienone is 3. The number of esters is 1. The molecule has 0 aromatic heterocycles. The molecular weight excluding hydrogens is 332 g/mol. The van der Waals surface area contributed by atoms with Crippen LogP contribution in [-0.2, 0) is 14.3 Å². The molecule has 0 aromatic carbocycles. The number of carbonyl (C=O) groups is 1. The molecule has 0 aromatic rings. The van der Waals surface area contributed by atoms with E-state index in [-0.39, 0.29) is 23.9 Å². The van der Waals surface area contributed by atoms with Crippen LogP contribution in [0.25, 0.3) is 0 Å². The van der Waals surface area contributed by atoms with E-state index in [0.717, 1.165) is 31.4 Å². The van der Waals surface area contributed by atoms with Gasteiger partial charge in [-0.25, -0.2) is 0 Å². The number of unbranched alkanes of at least 4 members (excludes halogenated alkanes) is 1. The molecule has 146 valence electrons. The third kappa shape index (κ3) is 5.99. The van der Waals surface area contributed by atoms with Gasteiger partial charge in [0, 0.05) is 31.1 Å². The van der Waals surface area contributed by atoms with Crippen LogP contribution in [0.1, 0.15) is 51.9 Å². The summed E-state index contributed by atoms with van der Waals surface area (Å²) in [4.78, 5) is 11.1. The average molecular weight is 364 g/mol. The van der Waals surface area contributed by atoms with Gasteiger partial charge in [-0.1, -0.05) is 31.2 Å². The van der Waals surface area contributed by atoms with Gasteiger partial charge >= 0.3 is 5.97 Å². The van der Waals surface area contributed by atoms with Gasteiger partial charge in [0.1, 0.15) is 6.10 Å². The second kappa shape index (κ2) is 10.5. The minimum Gasteiger partial charge on any atom is -0.495 e. The highest BCUT2D eigenvalue weighted by atomic mass is 16.5. The smallest absolute Gasteiger partial charge is 0.305 e. The zero-order valence-corrected chi connectivity index (χ0v) is 15.8. The predicted octanol–water partition coefficient (Wildman–Crippen LogP) is 3.27. The number of hydrogen-bond acceptors (Lipinski definition) is 5. The number of rotatable bonds is 9. The molecule has 2 aliphatic rings. The molecule has 1 aliphatic heterocycles. The van der Waals surface area contributed by atoms with Crippen molar-refractivity contribution in [1.82, 2.24) is 0 Å². The molecule has 2 N–H and O–H groups in total. The van der Waals surface area contributed by atoms with Gasteiger partial charge in [0.05, 0.1) is 25.1 Å². The zero-order chi connectivity index (χ0) is 18.9. The van der Waals surface area contributed by atoms with Crippen molar-refractivity contribution in [2.24, 2.45) is 11.8 Å². The van der Waals surface area contributed by atoms with Gasteiger partial charge in [-0.2, -0.15) is 0 Å². The van der Waals surface area contributed by atoms with E-state index >= 15 is 0 Å². The summed E-state index contributed by atoms with van der Waals surface area (Å²) in [7, 11) is 1.40. The van der Waals surface area contributed by atoms with Crippen molar-refractivity contribution < 1.29 is 24.5 Å². The molecule has 0 spiro atoms. The molecule has 0 unspecified atom stereocenters. The molecule has 0 amide bonds. The van der Waals surface area contributed by atoms with E-state index in [1.54, 1.807) is 6.08 Å². The molecule has 2 rings (SSSR count). The van der Waals surface area contributed by atoms with Crippen LogP contribution in [0.2, 0.25) is 0 Å². The Labute approximate surface area is 156 Å². The van der Waals surface area contributed by atoms with Crippen LogP contribution < -0.4 is 0 Å². The van der Waals surface area contributed by atoms with Gasteiger partial charge < -0.3 is 19.7 Å². The number of fused-ring (bicyclic) bond motifs is 1. The summed E-state index contributed by atoms with van der Waals surface area (Å²) in [6.45, 7) is 2.06. The van der Waals surface area contributed by atoms with Gasteiger partial charge in [0.2, 0.25) is 0 Å². The first kappa shape index (κ1) is 20.7. The summed E-state index contributed by atoms with van der Waals surface area (Å²) < 4.78 is 10.6. The minimum atomic E-state index is -0.514. The van der Waals surface area contributed by atoms with Crippen molar-refractivity contribution in [3.63, 3.8) is 0 Å². The summed E-state index contributed by atoms with van der Waals surface area (Å²) in [5, 5.41) is 20.3. The fourth-order valence-electron chi connectivity index (χ4n) is 3.73. The molecule has 0 bridgehead atoms. The maximum Gasteiger partial charge on any atom is 0.305 e. The first-order valence-electron chi connectivity index (χ1n) is 9.67. The summed E-state index contributed by atoms with van der Waals surface area (Å²) >= 11 is 0. The van der Waals surface area contributed by atoms with E-state index in [1.165, 1.54) is 7.11 Å². The standard InChI is InChI=1S/C21H32O5/c1-3-4-5-8-15(22)11-12-17-18-13-16(26-20(18)14-19(17)23)9-6-7-10-21(24)25-2/h4-5,9,11-12,15,17-20,22-23H,3,6-8,10,13-14H2,1-2H3/b5-4-,12-11+,16-9+/t15-,17+,18+,19+,20-/m0/s1. The number of aliphatic hydroxyl groups excluding tert-OH is 2. The Bertz CT molecular complexity index is 537. The van der Waals surface area contributed by atoms with Gasteiger partial charge in [-0.05, 0) is 31.8 Å². The van der Waals surface area contributed by atoms with Crippen LogP contribution in [0.5, 0.6) is 0 Å². The maximum atomic E-state index is 11.1. The largest absolute Gasteiger partial charge is 0.495 e. The molecule has 1 saturated heterocycles. The molecule has 1 saturated carbocycles. The highest BCUT2D eigenvalue weighted by Gasteiger charge is 2.46. The monoisotopic (exact) mass is 364 g/mol. The highest BCUT2D eigenvalue weighted by molar-refractivity contribution is 5.69. The van der Waals surface area contributed by atoms with Crippen molar-refractivity contribution in [1.29, 1.82) is 0 Å². The quantitative estimate of drug-likeness (QED) is 0.373. The van der Waals surface area contributed by atoms with Crippen molar-refractivity contribution in [2.45, 2.75) is 70.2 Å². The van der Waals surface area contributed by atoms with Gasteiger partial charge in [-0.3, -0.25) is 4.79 Å². The molecule has 2 fully saturated rings. The Kier molecular flexibility index (Phi) is 8.39. The summed E-state index contributed by atoms with van der Waals surface area (Å²) in [5.74, 6) is 1.05. The third-order valence-electron chi connectivity index (χ3n) is 5.15. The van der Waals surface area contributed by atoms with Crippen LogP contribution in [0, 0.1) is 11.8 Å². The normalized spacial score (nSPS) is 30.8. The summed E-state index contributed by atoms with van der Waals surface area (Å²) in [6.07, 6.45) is 13.9. The second-order valence-electron chi connectivity index (χ2n) is 7.11. The summed E-state index contributed by atoms with van der Waals surface area (Å²) in [5.41, 5.74) is 0. The van der Waals surface area contributed by atoms with E-state index in [9.17, 15) is 15.0 Å². The van der Waals surface area contributed by atoms with E-state index in [0.29, 0.717) is 19.3 Å². The molecular formula is C21H32O5.